The maximum atomic E-state index is 12.5. The summed E-state index contributed by atoms with van der Waals surface area (Å²) in [6, 6.07) is 13.8. The first kappa shape index (κ1) is 11.8. The second-order valence-electron chi connectivity index (χ2n) is 4.61. The third-order valence-corrected chi connectivity index (χ3v) is 5.65. The number of para-hydroxylation sites is 1. The van der Waals surface area contributed by atoms with Crippen LogP contribution in [-0.2, 0) is 0 Å². The predicted molar refractivity (Wildman–Crippen MR) is 85.3 cm³/mol. The number of benzene rings is 2. The molecule has 20 heavy (non-hydrogen) atoms. The molecular formula is C15H10N2OS2. The minimum Gasteiger partial charge on any atom is -0.267 e. The fraction of sp³-hybridized carbons (Fsp3) is 0.0667. The molecule has 2 heterocycles. The lowest BCUT2D eigenvalue weighted by molar-refractivity contribution is 1.12. The van der Waals surface area contributed by atoms with Crippen molar-refractivity contribution in [3.63, 3.8) is 0 Å². The van der Waals surface area contributed by atoms with E-state index in [1.54, 1.807) is 15.3 Å². The van der Waals surface area contributed by atoms with Crippen LogP contribution in [0.4, 0.5) is 0 Å². The molecule has 5 heteroatoms. The van der Waals surface area contributed by atoms with Crippen LogP contribution in [0.5, 0.6) is 0 Å². The Bertz CT molecular complexity index is 961. The highest BCUT2D eigenvalue weighted by Crippen LogP contribution is 2.28. The van der Waals surface area contributed by atoms with Gasteiger partial charge in [-0.15, -0.1) is 0 Å². The molecular weight excluding hydrogens is 288 g/mol. The van der Waals surface area contributed by atoms with E-state index in [-0.39, 0.29) is 5.56 Å². The molecule has 4 rings (SSSR count). The molecule has 0 unspecified atom stereocenters. The van der Waals surface area contributed by atoms with Crippen LogP contribution in [0, 0.1) is 6.92 Å². The standard InChI is InChI=1S/C15H10N2OS2/c1-9-5-4-6-10-13(9)20-17(14(10)18)15-16-11-7-2-3-8-12(11)19-15/h2-8H,1H3. The molecule has 0 saturated carbocycles. The quantitative estimate of drug-likeness (QED) is 0.533. The van der Waals surface area contributed by atoms with Crippen molar-refractivity contribution < 1.29 is 0 Å². The number of rotatable bonds is 1. The van der Waals surface area contributed by atoms with Crippen molar-refractivity contribution in [2.24, 2.45) is 0 Å². The van der Waals surface area contributed by atoms with Gasteiger partial charge < -0.3 is 0 Å². The van der Waals surface area contributed by atoms with Gasteiger partial charge in [-0.3, -0.25) is 4.79 Å². The summed E-state index contributed by atoms with van der Waals surface area (Å²) in [6.45, 7) is 2.03. The monoisotopic (exact) mass is 298 g/mol. The molecule has 0 saturated heterocycles. The molecule has 2 aromatic heterocycles. The van der Waals surface area contributed by atoms with Gasteiger partial charge >= 0.3 is 0 Å². The van der Waals surface area contributed by atoms with Crippen LogP contribution in [0.3, 0.4) is 0 Å². The average Bonchev–Trinajstić information content (AvgIpc) is 3.01. The zero-order chi connectivity index (χ0) is 13.7. The average molecular weight is 298 g/mol. The Kier molecular flexibility index (Phi) is 2.52. The van der Waals surface area contributed by atoms with Gasteiger partial charge in [0.2, 0.25) is 5.13 Å². The SMILES string of the molecule is Cc1cccc2c(=O)n(-c3nc4ccccc4s3)sc12. The Hall–Kier alpha value is -1.98. The molecule has 3 nitrogen and oxygen atoms in total. The van der Waals surface area contributed by atoms with Gasteiger partial charge in [-0.25, -0.2) is 8.94 Å². The Labute approximate surface area is 122 Å². The van der Waals surface area contributed by atoms with Gasteiger partial charge in [0.15, 0.2) is 0 Å². The second kappa shape index (κ2) is 4.26. The molecule has 0 fully saturated rings. The molecule has 2 aromatic carbocycles. The maximum Gasteiger partial charge on any atom is 0.275 e. The number of fused-ring (bicyclic) bond motifs is 2. The van der Waals surface area contributed by atoms with E-state index >= 15 is 0 Å². The van der Waals surface area contributed by atoms with E-state index in [0.29, 0.717) is 0 Å². The Morgan fingerprint density at radius 2 is 1.95 bits per heavy atom. The summed E-state index contributed by atoms with van der Waals surface area (Å²) in [6.07, 6.45) is 0. The van der Waals surface area contributed by atoms with Crippen LogP contribution >= 0.6 is 22.9 Å². The first-order chi connectivity index (χ1) is 9.74. The van der Waals surface area contributed by atoms with Crippen LogP contribution < -0.4 is 5.56 Å². The summed E-state index contributed by atoms with van der Waals surface area (Å²) in [5.74, 6) is 0. The minimum atomic E-state index is 0.0211. The minimum absolute atomic E-state index is 0.0211. The third kappa shape index (κ3) is 1.63. The largest absolute Gasteiger partial charge is 0.275 e. The topological polar surface area (TPSA) is 34.9 Å². The van der Waals surface area contributed by atoms with Crippen LogP contribution in [0.25, 0.3) is 25.4 Å². The van der Waals surface area contributed by atoms with E-state index < -0.39 is 0 Å². The van der Waals surface area contributed by atoms with Crippen molar-refractivity contribution in [3.05, 3.63) is 58.4 Å². The van der Waals surface area contributed by atoms with Gasteiger partial charge in [0.05, 0.1) is 20.3 Å². The fourth-order valence-corrected chi connectivity index (χ4v) is 4.30. The maximum absolute atomic E-state index is 12.5. The smallest absolute Gasteiger partial charge is 0.267 e. The Morgan fingerprint density at radius 1 is 1.10 bits per heavy atom. The number of hydrogen-bond acceptors (Lipinski definition) is 4. The van der Waals surface area contributed by atoms with Crippen LogP contribution in [0.2, 0.25) is 0 Å². The number of aromatic nitrogens is 2. The second-order valence-corrected chi connectivity index (χ2v) is 6.57. The van der Waals surface area contributed by atoms with E-state index in [2.05, 4.69) is 4.98 Å². The van der Waals surface area contributed by atoms with Crippen molar-refractivity contribution in [1.82, 2.24) is 8.94 Å². The predicted octanol–water partition coefficient (Wildman–Crippen LogP) is 3.97. The van der Waals surface area contributed by atoms with Gasteiger partial charge in [-0.2, -0.15) is 0 Å². The fourth-order valence-electron chi connectivity index (χ4n) is 2.26. The molecule has 0 aliphatic carbocycles. The summed E-state index contributed by atoms with van der Waals surface area (Å²) < 4.78 is 3.84. The summed E-state index contributed by atoms with van der Waals surface area (Å²) in [5.41, 5.74) is 2.09. The molecule has 0 aliphatic heterocycles. The molecule has 0 bridgehead atoms. The zero-order valence-corrected chi connectivity index (χ0v) is 12.3. The van der Waals surface area contributed by atoms with Gasteiger partial charge in [0.25, 0.3) is 5.56 Å². The first-order valence-corrected chi connectivity index (χ1v) is 7.80. The van der Waals surface area contributed by atoms with Crippen molar-refractivity contribution in [1.29, 1.82) is 0 Å². The molecule has 0 atom stereocenters. The van der Waals surface area contributed by atoms with Gasteiger partial charge in [0, 0.05) is 0 Å². The van der Waals surface area contributed by atoms with Gasteiger partial charge in [-0.05, 0) is 42.2 Å². The van der Waals surface area contributed by atoms with E-state index in [1.807, 2.05) is 49.4 Å². The number of thiazole rings is 1. The summed E-state index contributed by atoms with van der Waals surface area (Å²) in [5, 5.41) is 1.52. The third-order valence-electron chi connectivity index (χ3n) is 3.27. The number of hydrogen-bond donors (Lipinski definition) is 0. The van der Waals surface area contributed by atoms with Crippen LogP contribution in [-0.4, -0.2) is 8.94 Å². The lowest BCUT2D eigenvalue weighted by atomic mass is 10.2. The number of nitrogens with zero attached hydrogens (tertiary/aromatic N) is 2. The molecule has 0 amide bonds. The lowest BCUT2D eigenvalue weighted by Gasteiger charge is -1.91. The Morgan fingerprint density at radius 3 is 2.75 bits per heavy atom. The molecule has 0 aliphatic rings. The molecule has 98 valence electrons. The molecule has 0 N–H and O–H groups in total. The first-order valence-electron chi connectivity index (χ1n) is 6.21. The van der Waals surface area contributed by atoms with Crippen molar-refractivity contribution in [2.75, 3.05) is 0 Å². The molecule has 0 spiro atoms. The van der Waals surface area contributed by atoms with Crippen molar-refractivity contribution >= 4 is 43.2 Å². The highest BCUT2D eigenvalue weighted by atomic mass is 32.1. The van der Waals surface area contributed by atoms with Crippen molar-refractivity contribution in [3.8, 4) is 5.13 Å². The van der Waals surface area contributed by atoms with E-state index in [4.69, 9.17) is 0 Å². The summed E-state index contributed by atoms with van der Waals surface area (Å²) >= 11 is 3.02. The lowest BCUT2D eigenvalue weighted by Crippen LogP contribution is -2.10. The van der Waals surface area contributed by atoms with Crippen LogP contribution in [0.1, 0.15) is 5.56 Å². The van der Waals surface area contributed by atoms with E-state index in [1.165, 1.54) is 11.5 Å². The summed E-state index contributed by atoms with van der Waals surface area (Å²) in [7, 11) is 0. The normalized spacial score (nSPS) is 11.4. The molecule has 4 aromatic rings. The highest BCUT2D eigenvalue weighted by molar-refractivity contribution is 7.22. The Balaban J connectivity index is 2.04. The van der Waals surface area contributed by atoms with E-state index in [9.17, 15) is 4.79 Å². The van der Waals surface area contributed by atoms with E-state index in [0.717, 1.165) is 31.0 Å². The van der Waals surface area contributed by atoms with Gasteiger partial charge in [0.1, 0.15) is 0 Å². The van der Waals surface area contributed by atoms with Gasteiger partial charge in [-0.1, -0.05) is 35.6 Å². The highest BCUT2D eigenvalue weighted by Gasteiger charge is 2.13. The van der Waals surface area contributed by atoms with Crippen molar-refractivity contribution in [2.45, 2.75) is 6.92 Å². The van der Waals surface area contributed by atoms with Crippen LogP contribution in [0.15, 0.2) is 47.3 Å². The summed E-state index contributed by atoms with van der Waals surface area (Å²) in [4.78, 5) is 17.1. The molecule has 0 radical (unpaired) electrons. The number of aryl methyl sites for hydroxylation is 1. The zero-order valence-electron chi connectivity index (χ0n) is 10.7.